The van der Waals surface area contributed by atoms with E-state index in [9.17, 15) is 23.2 Å². The molecule has 0 radical (unpaired) electrons. The van der Waals surface area contributed by atoms with Gasteiger partial charge in [-0.3, -0.25) is 14.5 Å². The van der Waals surface area contributed by atoms with E-state index < -0.39 is 11.9 Å². The molecule has 1 aliphatic rings. The lowest BCUT2D eigenvalue weighted by Gasteiger charge is -2.14. The number of imide groups is 1. The van der Waals surface area contributed by atoms with Crippen LogP contribution in [0.4, 0.5) is 8.78 Å². The Morgan fingerprint density at radius 2 is 1.80 bits per heavy atom. The van der Waals surface area contributed by atoms with Crippen LogP contribution in [-0.2, 0) is 9.53 Å². The van der Waals surface area contributed by atoms with Gasteiger partial charge in [0.1, 0.15) is 0 Å². The average Bonchev–Trinajstić information content (AvgIpc) is 2.80. The number of allylic oxidation sites excluding steroid dienone is 1. The maximum Gasteiger partial charge on any atom is 0.381 e. The minimum atomic E-state index is -3.69. The second kappa shape index (κ2) is 8.03. The van der Waals surface area contributed by atoms with Gasteiger partial charge in [0, 0.05) is 12.6 Å². The summed E-state index contributed by atoms with van der Waals surface area (Å²) in [6.45, 7) is 1.45. The van der Waals surface area contributed by atoms with E-state index in [1.165, 1.54) is 6.92 Å². The third-order valence-electron chi connectivity index (χ3n) is 3.56. The third-order valence-corrected chi connectivity index (χ3v) is 4.41. The van der Waals surface area contributed by atoms with Crippen LogP contribution in [0.5, 0.6) is 0 Å². The molecule has 25 heavy (non-hydrogen) atoms. The molecule has 0 aromatic heterocycles. The maximum absolute atomic E-state index is 13.6. The predicted octanol–water partition coefficient (Wildman–Crippen LogP) is 3.58. The first kappa shape index (κ1) is 19.5. The van der Waals surface area contributed by atoms with E-state index in [4.69, 9.17) is 0 Å². The molecular weight excluding hydrogens is 447 g/mol. The van der Waals surface area contributed by atoms with Gasteiger partial charge in [-0.2, -0.15) is 8.78 Å². The number of hydrogen-bond acceptors (Lipinski definition) is 4. The van der Waals surface area contributed by atoms with Gasteiger partial charge in [0.2, 0.25) is 0 Å². The summed E-state index contributed by atoms with van der Waals surface area (Å²) in [6.07, 6.45) is 1.08. The summed E-state index contributed by atoms with van der Waals surface area (Å²) in [5.41, 5.74) is 0.707. The number of halogens is 3. The summed E-state index contributed by atoms with van der Waals surface area (Å²) < 4.78 is 31.8. The molecule has 1 aromatic rings. The Morgan fingerprint density at radius 1 is 1.24 bits per heavy atom. The lowest BCUT2D eigenvalue weighted by molar-refractivity contribution is -0.164. The second-order valence-corrected chi connectivity index (χ2v) is 6.73. The molecule has 0 saturated carbocycles. The van der Waals surface area contributed by atoms with E-state index in [1.54, 1.807) is 46.9 Å². The molecule has 0 aliphatic carbocycles. The standard InChI is InChI=1S/C17H16F2INO4/c1-2-25-16(24)17(18,19)10-11(20)6-5-9-21-14(22)12-7-3-4-8-13(12)15(21)23/h3-4,7-8,10H,2,5-6,9H2,1H3. The zero-order chi connectivity index (χ0) is 18.6. The van der Waals surface area contributed by atoms with Crippen molar-refractivity contribution in [3.8, 4) is 0 Å². The first-order chi connectivity index (χ1) is 11.8. The second-order valence-electron chi connectivity index (χ2n) is 5.35. The summed E-state index contributed by atoms with van der Waals surface area (Å²) >= 11 is 1.71. The third kappa shape index (κ3) is 4.42. The number of benzene rings is 1. The van der Waals surface area contributed by atoms with Crippen molar-refractivity contribution in [1.29, 1.82) is 0 Å². The summed E-state index contributed by atoms with van der Waals surface area (Å²) in [7, 11) is 0. The van der Waals surface area contributed by atoms with Crippen LogP contribution in [0, 0.1) is 0 Å². The van der Waals surface area contributed by atoms with Crippen molar-refractivity contribution < 1.29 is 27.9 Å². The Labute approximate surface area is 157 Å². The van der Waals surface area contributed by atoms with Crippen LogP contribution in [0.25, 0.3) is 0 Å². The van der Waals surface area contributed by atoms with Gasteiger partial charge in [0.25, 0.3) is 11.8 Å². The highest BCUT2D eigenvalue weighted by Gasteiger charge is 2.38. The van der Waals surface area contributed by atoms with Gasteiger partial charge in [-0.15, -0.1) is 0 Å². The number of ether oxygens (including phenoxy) is 1. The molecule has 0 atom stereocenters. The molecule has 0 N–H and O–H groups in total. The van der Waals surface area contributed by atoms with Crippen LogP contribution in [0.2, 0.25) is 0 Å². The summed E-state index contributed by atoms with van der Waals surface area (Å²) in [5.74, 6) is -6.04. The molecule has 5 nitrogen and oxygen atoms in total. The van der Waals surface area contributed by atoms with Gasteiger partial charge < -0.3 is 4.74 Å². The normalized spacial score (nSPS) is 14.7. The van der Waals surface area contributed by atoms with Crippen molar-refractivity contribution in [3.63, 3.8) is 0 Å². The molecule has 2 amide bonds. The molecule has 0 saturated heterocycles. The van der Waals surface area contributed by atoms with Crippen molar-refractivity contribution >= 4 is 40.4 Å². The van der Waals surface area contributed by atoms with Crippen LogP contribution < -0.4 is 0 Å². The Bertz CT molecular complexity index is 698. The van der Waals surface area contributed by atoms with Gasteiger partial charge in [-0.1, -0.05) is 12.1 Å². The van der Waals surface area contributed by atoms with Crippen molar-refractivity contribution in [3.05, 3.63) is 45.0 Å². The quantitative estimate of drug-likeness (QED) is 0.353. The zero-order valence-corrected chi connectivity index (χ0v) is 15.6. The molecule has 134 valence electrons. The van der Waals surface area contributed by atoms with Crippen molar-refractivity contribution in [2.75, 3.05) is 13.2 Å². The molecule has 1 heterocycles. The fourth-order valence-electron chi connectivity index (χ4n) is 2.40. The van der Waals surface area contributed by atoms with Gasteiger partial charge in [-0.25, -0.2) is 4.79 Å². The Hall–Kier alpha value is -1.84. The predicted molar refractivity (Wildman–Crippen MR) is 94.7 cm³/mol. The number of carbonyl (C=O) groups excluding carboxylic acids is 3. The number of esters is 1. The number of rotatable bonds is 7. The number of carbonyl (C=O) groups is 3. The summed E-state index contributed by atoms with van der Waals surface area (Å²) in [4.78, 5) is 36.6. The molecular formula is C17H16F2INO4. The highest BCUT2D eigenvalue weighted by molar-refractivity contribution is 14.1. The van der Waals surface area contributed by atoms with Crippen LogP contribution in [0.3, 0.4) is 0 Å². The Morgan fingerprint density at radius 3 is 2.32 bits per heavy atom. The van der Waals surface area contributed by atoms with E-state index in [0.717, 1.165) is 4.90 Å². The average molecular weight is 463 g/mol. The van der Waals surface area contributed by atoms with Gasteiger partial charge in [0.15, 0.2) is 0 Å². The number of alkyl halides is 2. The molecule has 0 bridgehead atoms. The largest absolute Gasteiger partial charge is 0.461 e. The van der Waals surface area contributed by atoms with E-state index in [1.807, 2.05) is 0 Å². The van der Waals surface area contributed by atoms with Crippen molar-refractivity contribution in [1.82, 2.24) is 4.90 Å². The highest BCUT2D eigenvalue weighted by Crippen LogP contribution is 2.26. The van der Waals surface area contributed by atoms with Gasteiger partial charge in [-0.05, 0) is 58.1 Å². The molecule has 8 heteroatoms. The fraction of sp³-hybridized carbons (Fsp3) is 0.353. The van der Waals surface area contributed by atoms with Gasteiger partial charge in [0.05, 0.1) is 17.7 Å². The topological polar surface area (TPSA) is 63.7 Å². The molecule has 2 rings (SSSR count). The van der Waals surface area contributed by atoms with Crippen molar-refractivity contribution in [2.24, 2.45) is 0 Å². The molecule has 1 aromatic carbocycles. The number of amides is 2. The lowest BCUT2D eigenvalue weighted by atomic mass is 10.1. The number of nitrogens with zero attached hydrogens (tertiary/aromatic N) is 1. The molecule has 1 aliphatic heterocycles. The Kier molecular flexibility index (Phi) is 6.26. The first-order valence-electron chi connectivity index (χ1n) is 7.65. The maximum atomic E-state index is 13.6. The van der Waals surface area contributed by atoms with E-state index in [0.29, 0.717) is 23.6 Å². The summed E-state index contributed by atoms with van der Waals surface area (Å²) in [6, 6.07) is 6.52. The number of hydrogen-bond donors (Lipinski definition) is 0. The highest BCUT2D eigenvalue weighted by atomic mass is 127. The van der Waals surface area contributed by atoms with E-state index in [-0.39, 0.29) is 35.0 Å². The molecule has 0 spiro atoms. The first-order valence-corrected chi connectivity index (χ1v) is 8.73. The lowest BCUT2D eigenvalue weighted by Crippen LogP contribution is -2.31. The fourth-order valence-corrected chi connectivity index (χ4v) is 3.18. The van der Waals surface area contributed by atoms with Crippen LogP contribution in [0.1, 0.15) is 40.5 Å². The van der Waals surface area contributed by atoms with E-state index in [2.05, 4.69) is 4.74 Å². The van der Waals surface area contributed by atoms with Crippen molar-refractivity contribution in [2.45, 2.75) is 25.7 Å². The number of fused-ring (bicyclic) bond motifs is 1. The Balaban J connectivity index is 1.93. The summed E-state index contributed by atoms with van der Waals surface area (Å²) in [5, 5.41) is 0. The zero-order valence-electron chi connectivity index (χ0n) is 13.4. The SMILES string of the molecule is CCOC(=O)C(F)(F)C=C(I)CCCN1C(=O)c2ccccc2C1=O. The van der Waals surface area contributed by atoms with Crippen LogP contribution in [-0.4, -0.2) is 41.8 Å². The molecule has 0 fully saturated rings. The minimum absolute atomic E-state index is 0.123. The van der Waals surface area contributed by atoms with E-state index >= 15 is 0 Å². The van der Waals surface area contributed by atoms with Crippen LogP contribution >= 0.6 is 22.6 Å². The smallest absolute Gasteiger partial charge is 0.381 e. The van der Waals surface area contributed by atoms with Gasteiger partial charge >= 0.3 is 11.9 Å². The minimum Gasteiger partial charge on any atom is -0.461 e. The molecule has 0 unspecified atom stereocenters. The monoisotopic (exact) mass is 463 g/mol. The van der Waals surface area contributed by atoms with Crippen LogP contribution in [0.15, 0.2) is 33.9 Å².